The van der Waals surface area contributed by atoms with E-state index in [-0.39, 0.29) is 11.9 Å². The van der Waals surface area contributed by atoms with E-state index in [4.69, 9.17) is 9.72 Å². The fourth-order valence-electron chi connectivity index (χ4n) is 4.16. The number of nitrogens with one attached hydrogen (secondary N) is 1. The molecule has 7 heteroatoms. The number of hydrogen-bond donors (Lipinski definition) is 1. The van der Waals surface area contributed by atoms with E-state index in [1.54, 1.807) is 18.3 Å². The summed E-state index contributed by atoms with van der Waals surface area (Å²) in [6, 6.07) is 13.4. The highest BCUT2D eigenvalue weighted by Gasteiger charge is 2.28. The van der Waals surface area contributed by atoms with E-state index in [0.717, 1.165) is 52.7 Å². The fourth-order valence-corrected chi connectivity index (χ4v) is 6.12. The van der Waals surface area contributed by atoms with Crippen molar-refractivity contribution in [2.24, 2.45) is 0 Å². The van der Waals surface area contributed by atoms with Gasteiger partial charge in [-0.05, 0) is 61.7 Å². The van der Waals surface area contributed by atoms with Crippen LogP contribution in [0.4, 0.5) is 5.00 Å². The number of aromatic nitrogens is 1. The zero-order chi connectivity index (χ0) is 22.1. The Bertz CT molecular complexity index is 1310. The predicted molar refractivity (Wildman–Crippen MR) is 130 cm³/mol. The largest absolute Gasteiger partial charge is 0.462 e. The van der Waals surface area contributed by atoms with Crippen molar-refractivity contribution in [1.29, 1.82) is 0 Å². The summed E-state index contributed by atoms with van der Waals surface area (Å²) in [5.74, 6) is -0.605. The van der Waals surface area contributed by atoms with Gasteiger partial charge in [-0.15, -0.1) is 22.7 Å². The molecule has 162 valence electrons. The number of carbonyl (C=O) groups is 2. The molecule has 5 nitrogen and oxygen atoms in total. The van der Waals surface area contributed by atoms with Crippen LogP contribution in [-0.4, -0.2) is 23.5 Å². The highest BCUT2D eigenvalue weighted by atomic mass is 32.1. The van der Waals surface area contributed by atoms with Gasteiger partial charge in [0.05, 0.1) is 33.8 Å². The average molecular weight is 463 g/mol. The van der Waals surface area contributed by atoms with Gasteiger partial charge >= 0.3 is 5.97 Å². The van der Waals surface area contributed by atoms with Crippen LogP contribution in [0.3, 0.4) is 0 Å². The number of amides is 1. The van der Waals surface area contributed by atoms with E-state index >= 15 is 0 Å². The number of hydrogen-bond acceptors (Lipinski definition) is 6. The Hall–Kier alpha value is -3.03. The Morgan fingerprint density at radius 3 is 2.78 bits per heavy atom. The molecule has 1 amide bonds. The molecule has 0 saturated heterocycles. The molecule has 3 aromatic heterocycles. The van der Waals surface area contributed by atoms with Crippen molar-refractivity contribution in [2.45, 2.75) is 32.6 Å². The van der Waals surface area contributed by atoms with Crippen LogP contribution in [0.5, 0.6) is 0 Å². The van der Waals surface area contributed by atoms with Gasteiger partial charge < -0.3 is 10.1 Å². The molecule has 0 spiro atoms. The number of pyridine rings is 1. The van der Waals surface area contributed by atoms with Crippen molar-refractivity contribution in [3.8, 4) is 10.6 Å². The van der Waals surface area contributed by atoms with Gasteiger partial charge in [0, 0.05) is 10.3 Å². The summed E-state index contributed by atoms with van der Waals surface area (Å²) in [4.78, 5) is 33.2. The van der Waals surface area contributed by atoms with E-state index in [2.05, 4.69) is 5.32 Å². The van der Waals surface area contributed by atoms with Gasteiger partial charge in [-0.3, -0.25) is 4.79 Å². The lowest BCUT2D eigenvalue weighted by molar-refractivity contribution is 0.0526. The number of thiophene rings is 2. The normalized spacial score (nSPS) is 13.0. The van der Waals surface area contributed by atoms with E-state index in [9.17, 15) is 9.59 Å². The lowest BCUT2D eigenvalue weighted by atomic mass is 9.95. The summed E-state index contributed by atoms with van der Waals surface area (Å²) in [6.07, 6.45) is 3.92. The first-order valence-corrected chi connectivity index (χ1v) is 12.4. The molecular formula is C25H22N2O3S2. The Labute approximate surface area is 194 Å². The minimum Gasteiger partial charge on any atom is -0.462 e. The SMILES string of the molecule is CCOC(=O)c1c(NC(=O)c2cc(-c3cccs3)nc3ccccc23)sc2c1CCCC2. The highest BCUT2D eigenvalue weighted by molar-refractivity contribution is 7.17. The van der Waals surface area contributed by atoms with E-state index in [1.807, 2.05) is 47.8 Å². The summed E-state index contributed by atoms with van der Waals surface area (Å²) < 4.78 is 5.33. The molecule has 32 heavy (non-hydrogen) atoms. The average Bonchev–Trinajstić information content (AvgIpc) is 3.46. The first kappa shape index (κ1) is 20.8. The fraction of sp³-hybridized carbons (Fsp3) is 0.240. The minimum absolute atomic E-state index is 0.245. The zero-order valence-corrected chi connectivity index (χ0v) is 19.3. The van der Waals surface area contributed by atoms with Crippen LogP contribution < -0.4 is 5.32 Å². The summed E-state index contributed by atoms with van der Waals surface area (Å²) >= 11 is 3.09. The van der Waals surface area contributed by atoms with Gasteiger partial charge in [0.15, 0.2) is 0 Å². The lowest BCUT2D eigenvalue weighted by Crippen LogP contribution is -2.16. The standard InChI is InChI=1S/C25H22N2O3S2/c1-2-30-25(29)22-16-9-4-6-11-20(16)32-24(22)27-23(28)17-14-19(21-12-7-13-31-21)26-18-10-5-3-8-15(17)18/h3,5,7-8,10,12-14H,2,4,6,9,11H2,1H3,(H,27,28). The smallest absolute Gasteiger partial charge is 0.341 e. The number of para-hydroxylation sites is 1. The van der Waals surface area contributed by atoms with Crippen molar-refractivity contribution in [3.05, 3.63) is 69.4 Å². The number of esters is 1. The molecule has 0 aliphatic heterocycles. The maximum Gasteiger partial charge on any atom is 0.341 e. The van der Waals surface area contributed by atoms with Gasteiger partial charge in [-0.1, -0.05) is 24.3 Å². The van der Waals surface area contributed by atoms with Crippen LogP contribution in [0.15, 0.2) is 47.8 Å². The molecule has 0 saturated carbocycles. The van der Waals surface area contributed by atoms with Gasteiger partial charge in [0.25, 0.3) is 5.91 Å². The number of nitrogens with zero attached hydrogens (tertiary/aromatic N) is 1. The van der Waals surface area contributed by atoms with Crippen LogP contribution in [-0.2, 0) is 17.6 Å². The maximum absolute atomic E-state index is 13.5. The van der Waals surface area contributed by atoms with Crippen LogP contribution >= 0.6 is 22.7 Å². The zero-order valence-electron chi connectivity index (χ0n) is 17.6. The predicted octanol–water partition coefficient (Wildman–Crippen LogP) is 6.33. The highest BCUT2D eigenvalue weighted by Crippen LogP contribution is 2.39. The van der Waals surface area contributed by atoms with Crippen molar-refractivity contribution in [2.75, 3.05) is 11.9 Å². The third kappa shape index (κ3) is 3.82. The second kappa shape index (κ2) is 8.84. The number of ether oxygens (including phenoxy) is 1. The quantitative estimate of drug-likeness (QED) is 0.352. The van der Waals surface area contributed by atoms with Crippen molar-refractivity contribution >= 4 is 50.5 Å². The number of aryl methyl sites for hydroxylation is 1. The summed E-state index contributed by atoms with van der Waals surface area (Å²) in [6.45, 7) is 2.10. The molecule has 5 rings (SSSR count). The number of rotatable bonds is 5. The van der Waals surface area contributed by atoms with Crippen LogP contribution in [0.2, 0.25) is 0 Å². The first-order chi connectivity index (χ1) is 15.7. The minimum atomic E-state index is -0.360. The molecule has 1 aliphatic rings. The van der Waals surface area contributed by atoms with Crippen molar-refractivity contribution in [1.82, 2.24) is 4.98 Å². The molecule has 0 bridgehead atoms. The summed E-state index contributed by atoms with van der Waals surface area (Å²) in [5, 5.41) is 6.40. The molecule has 0 fully saturated rings. The number of benzene rings is 1. The molecule has 1 aliphatic carbocycles. The maximum atomic E-state index is 13.5. The molecular weight excluding hydrogens is 440 g/mol. The first-order valence-electron chi connectivity index (χ1n) is 10.7. The van der Waals surface area contributed by atoms with E-state index in [0.29, 0.717) is 22.7 Å². The monoisotopic (exact) mass is 462 g/mol. The third-order valence-electron chi connectivity index (χ3n) is 5.61. The molecule has 0 atom stereocenters. The Kier molecular flexibility index (Phi) is 5.76. The Balaban J connectivity index is 1.57. The van der Waals surface area contributed by atoms with Crippen LogP contribution in [0, 0.1) is 0 Å². The van der Waals surface area contributed by atoms with E-state index < -0.39 is 0 Å². The number of fused-ring (bicyclic) bond motifs is 2. The topological polar surface area (TPSA) is 68.3 Å². The summed E-state index contributed by atoms with van der Waals surface area (Å²) in [7, 11) is 0. The van der Waals surface area contributed by atoms with Gasteiger partial charge in [0.2, 0.25) is 0 Å². The van der Waals surface area contributed by atoms with Gasteiger partial charge in [-0.2, -0.15) is 0 Å². The molecule has 0 unspecified atom stereocenters. The van der Waals surface area contributed by atoms with Gasteiger partial charge in [0.1, 0.15) is 5.00 Å². The molecule has 3 heterocycles. The molecule has 1 N–H and O–H groups in total. The Morgan fingerprint density at radius 2 is 1.97 bits per heavy atom. The second-order valence-electron chi connectivity index (χ2n) is 7.64. The van der Waals surface area contributed by atoms with Gasteiger partial charge in [-0.25, -0.2) is 9.78 Å². The second-order valence-corrected chi connectivity index (χ2v) is 9.69. The van der Waals surface area contributed by atoms with E-state index in [1.165, 1.54) is 16.2 Å². The molecule has 0 radical (unpaired) electrons. The molecule has 4 aromatic rings. The third-order valence-corrected chi connectivity index (χ3v) is 7.71. The lowest BCUT2D eigenvalue weighted by Gasteiger charge is -2.13. The van der Waals surface area contributed by atoms with Crippen LogP contribution in [0.1, 0.15) is 50.9 Å². The Morgan fingerprint density at radius 1 is 1.12 bits per heavy atom. The molecule has 1 aromatic carbocycles. The number of anilines is 1. The number of carbonyl (C=O) groups excluding carboxylic acids is 2. The summed E-state index contributed by atoms with van der Waals surface area (Å²) in [5.41, 5.74) is 3.63. The van der Waals surface area contributed by atoms with Crippen molar-refractivity contribution < 1.29 is 14.3 Å². The van der Waals surface area contributed by atoms with Crippen LogP contribution in [0.25, 0.3) is 21.5 Å². The van der Waals surface area contributed by atoms with Crippen molar-refractivity contribution in [3.63, 3.8) is 0 Å².